The Hall–Kier alpha value is -3.75. The number of benzene rings is 2. The van der Waals surface area contributed by atoms with E-state index >= 15 is 0 Å². The Kier molecular flexibility index (Phi) is 8.65. The normalized spacial score (nSPS) is 18.2. The summed E-state index contributed by atoms with van der Waals surface area (Å²) in [7, 11) is 1.78. The van der Waals surface area contributed by atoms with Crippen molar-refractivity contribution in [3.8, 4) is 0 Å². The summed E-state index contributed by atoms with van der Waals surface area (Å²) >= 11 is 0. The van der Waals surface area contributed by atoms with Gasteiger partial charge in [0.05, 0.1) is 0 Å². The number of nitrogens with one attached hydrogen (secondary N) is 4. The summed E-state index contributed by atoms with van der Waals surface area (Å²) < 4.78 is 13.1. The van der Waals surface area contributed by atoms with Gasteiger partial charge in [-0.05, 0) is 54.9 Å². The lowest BCUT2D eigenvalue weighted by Crippen LogP contribution is -2.36. The first-order valence-electron chi connectivity index (χ1n) is 12.5. The van der Waals surface area contributed by atoms with Gasteiger partial charge in [0.1, 0.15) is 5.82 Å². The molecular weight excluding hydrogens is 457 g/mol. The number of rotatable bonds is 10. The van der Waals surface area contributed by atoms with E-state index in [2.05, 4.69) is 55.3 Å². The highest BCUT2D eigenvalue weighted by Crippen LogP contribution is 2.27. The molecule has 0 radical (unpaired) electrons. The molecule has 3 aromatic rings. The second kappa shape index (κ2) is 12.3. The van der Waals surface area contributed by atoms with E-state index in [9.17, 15) is 9.18 Å². The molecule has 8 nitrogen and oxygen atoms in total. The van der Waals surface area contributed by atoms with Gasteiger partial charge in [0, 0.05) is 32.1 Å². The topological polar surface area (TPSA) is 104 Å². The second-order valence-corrected chi connectivity index (χ2v) is 9.29. The number of carbonyl (C=O) groups is 1. The number of aromatic nitrogens is 3. The Morgan fingerprint density at radius 1 is 0.944 bits per heavy atom. The molecule has 9 heteroatoms. The maximum atomic E-state index is 13.1. The quantitative estimate of drug-likeness (QED) is 0.330. The fraction of sp³-hybridized carbons (Fsp3) is 0.407. The fourth-order valence-electron chi connectivity index (χ4n) is 4.39. The van der Waals surface area contributed by atoms with Gasteiger partial charge in [0.15, 0.2) is 0 Å². The van der Waals surface area contributed by atoms with Gasteiger partial charge in [-0.25, -0.2) is 4.39 Å². The SMILES string of the molecule is CNc1nc(NC[C@H](C)c2ccccc2)nc(NC2CCC(C(=O)NCc3ccc(F)cc3)CC2)n1. The van der Waals surface area contributed by atoms with Crippen molar-refractivity contribution < 1.29 is 9.18 Å². The summed E-state index contributed by atoms with van der Waals surface area (Å²) in [6, 6.07) is 16.7. The Labute approximate surface area is 211 Å². The zero-order valence-electron chi connectivity index (χ0n) is 20.8. The van der Waals surface area contributed by atoms with Crippen molar-refractivity contribution >= 4 is 23.8 Å². The van der Waals surface area contributed by atoms with E-state index in [4.69, 9.17) is 0 Å². The van der Waals surface area contributed by atoms with Crippen LogP contribution >= 0.6 is 0 Å². The molecule has 1 saturated carbocycles. The Bertz CT molecular complexity index is 1120. The van der Waals surface area contributed by atoms with Gasteiger partial charge in [-0.15, -0.1) is 0 Å². The van der Waals surface area contributed by atoms with E-state index in [-0.39, 0.29) is 23.7 Å². The summed E-state index contributed by atoms with van der Waals surface area (Å²) in [5, 5.41) is 12.7. The smallest absolute Gasteiger partial charge is 0.229 e. The highest BCUT2D eigenvalue weighted by Gasteiger charge is 2.26. The summed E-state index contributed by atoms with van der Waals surface area (Å²) in [6.07, 6.45) is 3.28. The van der Waals surface area contributed by atoms with E-state index < -0.39 is 0 Å². The molecule has 0 aliphatic heterocycles. The van der Waals surface area contributed by atoms with Gasteiger partial charge in [-0.2, -0.15) is 15.0 Å². The molecule has 0 spiro atoms. The van der Waals surface area contributed by atoms with Crippen LogP contribution in [-0.4, -0.2) is 40.5 Å². The van der Waals surface area contributed by atoms with Crippen LogP contribution in [0.4, 0.5) is 22.2 Å². The second-order valence-electron chi connectivity index (χ2n) is 9.29. The van der Waals surface area contributed by atoms with Gasteiger partial charge >= 0.3 is 0 Å². The maximum Gasteiger partial charge on any atom is 0.229 e. The Balaban J connectivity index is 1.27. The van der Waals surface area contributed by atoms with Crippen molar-refractivity contribution in [1.29, 1.82) is 0 Å². The monoisotopic (exact) mass is 491 g/mol. The molecule has 1 aromatic heterocycles. The van der Waals surface area contributed by atoms with E-state index in [1.165, 1.54) is 17.7 Å². The molecule has 0 unspecified atom stereocenters. The summed E-state index contributed by atoms with van der Waals surface area (Å²) in [5.41, 5.74) is 2.14. The highest BCUT2D eigenvalue weighted by molar-refractivity contribution is 5.78. The van der Waals surface area contributed by atoms with Crippen LogP contribution in [0.1, 0.15) is 49.7 Å². The number of hydrogen-bond donors (Lipinski definition) is 4. The van der Waals surface area contributed by atoms with Crippen molar-refractivity contribution in [2.75, 3.05) is 29.5 Å². The molecule has 0 saturated heterocycles. The molecule has 1 heterocycles. The summed E-state index contributed by atoms with van der Waals surface area (Å²) in [4.78, 5) is 26.1. The molecule has 4 N–H and O–H groups in total. The van der Waals surface area contributed by atoms with E-state index in [0.717, 1.165) is 31.2 Å². The zero-order valence-corrected chi connectivity index (χ0v) is 20.8. The fourth-order valence-corrected chi connectivity index (χ4v) is 4.39. The van der Waals surface area contributed by atoms with Crippen LogP contribution in [0.25, 0.3) is 0 Å². The first-order chi connectivity index (χ1) is 17.5. The molecule has 2 aromatic carbocycles. The average molecular weight is 492 g/mol. The van der Waals surface area contributed by atoms with Gasteiger partial charge in [-0.3, -0.25) is 4.79 Å². The molecule has 4 rings (SSSR count). The Morgan fingerprint density at radius 2 is 1.61 bits per heavy atom. The Morgan fingerprint density at radius 3 is 2.31 bits per heavy atom. The number of hydrogen-bond acceptors (Lipinski definition) is 7. The number of anilines is 3. The number of nitrogens with zero attached hydrogens (tertiary/aromatic N) is 3. The van der Waals surface area contributed by atoms with Crippen LogP contribution in [0, 0.1) is 11.7 Å². The number of amides is 1. The van der Waals surface area contributed by atoms with E-state index in [1.807, 2.05) is 18.2 Å². The van der Waals surface area contributed by atoms with E-state index in [1.54, 1.807) is 19.2 Å². The standard InChI is InChI=1S/C27H34FN7O/c1-18(20-6-4-3-5-7-20)16-31-26-33-25(29-2)34-27(35-26)32-23-14-10-21(11-15-23)24(36)30-17-19-8-12-22(28)13-9-19/h3-9,12-13,18,21,23H,10-11,14-17H2,1-2H3,(H,30,36)(H3,29,31,32,33,34,35)/t18-,21?,23?/m0/s1. The lowest BCUT2D eigenvalue weighted by molar-refractivity contribution is -0.126. The van der Waals surface area contributed by atoms with Crippen LogP contribution in [0.15, 0.2) is 54.6 Å². The van der Waals surface area contributed by atoms with Crippen molar-refractivity contribution in [1.82, 2.24) is 20.3 Å². The third kappa shape index (κ3) is 7.13. The number of halogens is 1. The van der Waals surface area contributed by atoms with Crippen molar-refractivity contribution in [2.24, 2.45) is 5.92 Å². The molecule has 1 aliphatic rings. The third-order valence-corrected chi connectivity index (χ3v) is 6.61. The first-order valence-corrected chi connectivity index (χ1v) is 12.5. The zero-order chi connectivity index (χ0) is 25.3. The van der Waals surface area contributed by atoms with Crippen molar-refractivity contribution in [3.05, 3.63) is 71.5 Å². The van der Waals surface area contributed by atoms with E-state index in [0.29, 0.717) is 36.9 Å². The maximum absolute atomic E-state index is 13.1. The minimum atomic E-state index is -0.277. The van der Waals surface area contributed by atoms with Gasteiger partial charge in [-0.1, -0.05) is 49.4 Å². The number of carbonyl (C=O) groups excluding carboxylic acids is 1. The largest absolute Gasteiger partial charge is 0.357 e. The van der Waals surface area contributed by atoms with Gasteiger partial charge in [0.25, 0.3) is 0 Å². The molecule has 190 valence electrons. The molecule has 36 heavy (non-hydrogen) atoms. The molecular formula is C27H34FN7O. The molecule has 1 fully saturated rings. The van der Waals surface area contributed by atoms with Crippen LogP contribution < -0.4 is 21.3 Å². The predicted molar refractivity (Wildman–Crippen MR) is 140 cm³/mol. The highest BCUT2D eigenvalue weighted by atomic mass is 19.1. The van der Waals surface area contributed by atoms with Gasteiger partial charge < -0.3 is 21.3 Å². The van der Waals surface area contributed by atoms with Crippen LogP contribution in [-0.2, 0) is 11.3 Å². The van der Waals surface area contributed by atoms with Gasteiger partial charge in [0.2, 0.25) is 23.8 Å². The van der Waals surface area contributed by atoms with Crippen LogP contribution in [0.2, 0.25) is 0 Å². The molecule has 1 atom stereocenters. The van der Waals surface area contributed by atoms with Crippen LogP contribution in [0.5, 0.6) is 0 Å². The average Bonchev–Trinajstić information content (AvgIpc) is 2.92. The molecule has 1 aliphatic carbocycles. The molecule has 0 bridgehead atoms. The predicted octanol–water partition coefficient (Wildman–Crippen LogP) is 4.56. The third-order valence-electron chi connectivity index (χ3n) is 6.61. The summed E-state index contributed by atoms with van der Waals surface area (Å²) in [5.74, 6) is 1.60. The lowest BCUT2D eigenvalue weighted by atomic mass is 9.85. The summed E-state index contributed by atoms with van der Waals surface area (Å²) in [6.45, 7) is 3.28. The first kappa shape index (κ1) is 25.3. The minimum Gasteiger partial charge on any atom is -0.357 e. The van der Waals surface area contributed by atoms with Crippen molar-refractivity contribution in [2.45, 2.75) is 51.1 Å². The van der Waals surface area contributed by atoms with Crippen LogP contribution in [0.3, 0.4) is 0 Å². The minimum absolute atomic E-state index is 0.0218. The van der Waals surface area contributed by atoms with Crippen molar-refractivity contribution in [3.63, 3.8) is 0 Å². The molecule has 1 amide bonds. The lowest BCUT2D eigenvalue weighted by Gasteiger charge is -2.28.